The van der Waals surface area contributed by atoms with Crippen LogP contribution in [0.25, 0.3) is 0 Å². The molecule has 1 aromatic rings. The van der Waals surface area contributed by atoms with Crippen molar-refractivity contribution in [2.24, 2.45) is 5.73 Å². The number of carbonyl (C=O) groups is 1. The summed E-state index contributed by atoms with van der Waals surface area (Å²) in [6, 6.07) is 9.30. The molecule has 0 saturated carbocycles. The van der Waals surface area contributed by atoms with Crippen LogP contribution in [0.4, 0.5) is 0 Å². The number of nitrogens with two attached hydrogens (primary N) is 1. The van der Waals surface area contributed by atoms with Crippen LogP contribution in [0.5, 0.6) is 0 Å². The first-order valence-corrected chi connectivity index (χ1v) is 4.89. The highest BCUT2D eigenvalue weighted by Gasteiger charge is 2.32. The summed E-state index contributed by atoms with van der Waals surface area (Å²) < 4.78 is 0. The second-order valence-corrected chi connectivity index (χ2v) is 3.60. The standard InChI is InChI=1S/C10H13NO2S/c11-10(7-14,9(12)13)6-8-4-2-1-3-5-8/h1-5,14H,6-7,11H2,(H,12,13)/t10-/m0/s1. The van der Waals surface area contributed by atoms with Gasteiger partial charge in [-0.15, -0.1) is 0 Å². The van der Waals surface area contributed by atoms with Crippen LogP contribution in [0.1, 0.15) is 5.56 Å². The van der Waals surface area contributed by atoms with Crippen molar-refractivity contribution in [1.82, 2.24) is 0 Å². The van der Waals surface area contributed by atoms with E-state index in [4.69, 9.17) is 10.8 Å². The maximum atomic E-state index is 10.9. The summed E-state index contributed by atoms with van der Waals surface area (Å²) in [6.45, 7) is 0. The van der Waals surface area contributed by atoms with Crippen molar-refractivity contribution >= 4 is 18.6 Å². The number of thiol groups is 1. The topological polar surface area (TPSA) is 63.3 Å². The Morgan fingerprint density at radius 1 is 1.43 bits per heavy atom. The lowest BCUT2D eigenvalue weighted by molar-refractivity contribution is -0.142. The van der Waals surface area contributed by atoms with Gasteiger partial charge in [-0.1, -0.05) is 30.3 Å². The largest absolute Gasteiger partial charge is 0.480 e. The lowest BCUT2D eigenvalue weighted by Gasteiger charge is -2.22. The van der Waals surface area contributed by atoms with Crippen molar-refractivity contribution < 1.29 is 9.90 Å². The minimum Gasteiger partial charge on any atom is -0.480 e. The van der Waals surface area contributed by atoms with Gasteiger partial charge >= 0.3 is 5.97 Å². The number of benzene rings is 1. The molecule has 0 heterocycles. The fourth-order valence-electron chi connectivity index (χ4n) is 1.16. The lowest BCUT2D eigenvalue weighted by atomic mass is 9.94. The van der Waals surface area contributed by atoms with Crippen LogP contribution in [-0.2, 0) is 11.2 Å². The van der Waals surface area contributed by atoms with Gasteiger partial charge in [-0.05, 0) is 5.56 Å². The van der Waals surface area contributed by atoms with Crippen molar-refractivity contribution in [3.05, 3.63) is 35.9 Å². The zero-order valence-electron chi connectivity index (χ0n) is 7.68. The Morgan fingerprint density at radius 3 is 2.43 bits per heavy atom. The highest BCUT2D eigenvalue weighted by atomic mass is 32.1. The Bertz CT molecular complexity index is 315. The first-order chi connectivity index (χ1) is 6.58. The van der Waals surface area contributed by atoms with Gasteiger partial charge in [-0.2, -0.15) is 12.6 Å². The molecule has 14 heavy (non-hydrogen) atoms. The predicted molar refractivity (Wildman–Crippen MR) is 58.6 cm³/mol. The molecule has 0 unspecified atom stereocenters. The molecule has 4 heteroatoms. The molecule has 76 valence electrons. The van der Waals surface area contributed by atoms with Gasteiger partial charge in [0, 0.05) is 12.2 Å². The Balaban J connectivity index is 2.81. The summed E-state index contributed by atoms with van der Waals surface area (Å²) in [5.41, 5.74) is 5.33. The Labute approximate surface area is 88.3 Å². The fourth-order valence-corrected chi connectivity index (χ4v) is 1.41. The van der Waals surface area contributed by atoms with Gasteiger partial charge in [-0.3, -0.25) is 4.79 Å². The number of aliphatic carboxylic acids is 1. The summed E-state index contributed by atoms with van der Waals surface area (Å²) in [5.74, 6) is -0.895. The van der Waals surface area contributed by atoms with Crippen LogP contribution < -0.4 is 5.73 Å². The summed E-state index contributed by atoms with van der Waals surface area (Å²) >= 11 is 3.97. The van der Waals surface area contributed by atoms with Gasteiger partial charge in [0.2, 0.25) is 0 Å². The average molecular weight is 211 g/mol. The van der Waals surface area contributed by atoms with E-state index in [1.807, 2.05) is 30.3 Å². The van der Waals surface area contributed by atoms with E-state index in [0.717, 1.165) is 5.56 Å². The van der Waals surface area contributed by atoms with E-state index in [1.54, 1.807) is 0 Å². The number of rotatable bonds is 4. The van der Waals surface area contributed by atoms with Crippen molar-refractivity contribution in [2.75, 3.05) is 5.75 Å². The molecule has 1 atom stereocenters. The third kappa shape index (κ3) is 2.49. The zero-order chi connectivity index (χ0) is 10.6. The summed E-state index contributed by atoms with van der Waals surface area (Å²) in [6.07, 6.45) is 0.298. The predicted octanol–water partition coefficient (Wildman–Crippen LogP) is 0.941. The van der Waals surface area contributed by atoms with Gasteiger partial charge in [0.15, 0.2) is 0 Å². The molecular formula is C10H13NO2S. The summed E-state index contributed by atoms with van der Waals surface area (Å²) in [7, 11) is 0. The summed E-state index contributed by atoms with van der Waals surface area (Å²) in [4.78, 5) is 10.9. The Kier molecular flexibility index (Phi) is 3.55. The molecule has 3 nitrogen and oxygen atoms in total. The van der Waals surface area contributed by atoms with Crippen LogP contribution in [0.2, 0.25) is 0 Å². The molecule has 0 radical (unpaired) electrons. The molecule has 0 aliphatic carbocycles. The number of hydrogen-bond donors (Lipinski definition) is 3. The van der Waals surface area contributed by atoms with Crippen molar-refractivity contribution in [3.63, 3.8) is 0 Å². The highest BCUT2D eigenvalue weighted by Crippen LogP contribution is 2.12. The van der Waals surface area contributed by atoms with Crippen LogP contribution in [0.15, 0.2) is 30.3 Å². The van der Waals surface area contributed by atoms with Gasteiger partial charge in [0.1, 0.15) is 5.54 Å². The minimum absolute atomic E-state index is 0.122. The third-order valence-corrected chi connectivity index (χ3v) is 2.63. The SMILES string of the molecule is N[C@](CS)(Cc1ccccc1)C(=O)O. The highest BCUT2D eigenvalue weighted by molar-refractivity contribution is 7.80. The lowest BCUT2D eigenvalue weighted by Crippen LogP contribution is -2.51. The smallest absolute Gasteiger partial charge is 0.324 e. The molecule has 0 aliphatic rings. The fraction of sp³-hybridized carbons (Fsp3) is 0.300. The molecule has 3 N–H and O–H groups in total. The number of carboxylic acids is 1. The molecule has 1 aromatic carbocycles. The second-order valence-electron chi connectivity index (χ2n) is 3.28. The van der Waals surface area contributed by atoms with Gasteiger partial charge in [0.25, 0.3) is 0 Å². The average Bonchev–Trinajstić information content (AvgIpc) is 2.19. The first-order valence-electron chi connectivity index (χ1n) is 4.25. The van der Waals surface area contributed by atoms with E-state index in [1.165, 1.54) is 0 Å². The molecule has 0 aliphatic heterocycles. The summed E-state index contributed by atoms with van der Waals surface area (Å²) in [5, 5.41) is 8.92. The molecule has 1 rings (SSSR count). The molecule has 0 spiro atoms. The van der Waals surface area contributed by atoms with E-state index in [2.05, 4.69) is 12.6 Å². The van der Waals surface area contributed by atoms with Crippen molar-refractivity contribution in [1.29, 1.82) is 0 Å². The van der Waals surface area contributed by atoms with Crippen LogP contribution in [0.3, 0.4) is 0 Å². The van der Waals surface area contributed by atoms with Gasteiger partial charge in [0.05, 0.1) is 0 Å². The van der Waals surface area contributed by atoms with Crippen LogP contribution in [-0.4, -0.2) is 22.4 Å². The normalized spacial score (nSPS) is 14.7. The maximum absolute atomic E-state index is 10.9. The van der Waals surface area contributed by atoms with E-state index >= 15 is 0 Å². The van der Waals surface area contributed by atoms with Crippen molar-refractivity contribution in [2.45, 2.75) is 12.0 Å². The molecule has 0 fully saturated rings. The third-order valence-electron chi connectivity index (χ3n) is 2.07. The molecule has 0 bridgehead atoms. The second kappa shape index (κ2) is 4.48. The van der Waals surface area contributed by atoms with Crippen molar-refractivity contribution in [3.8, 4) is 0 Å². The minimum atomic E-state index is -1.27. The molecular weight excluding hydrogens is 198 g/mol. The van der Waals surface area contributed by atoms with Crippen LogP contribution in [0, 0.1) is 0 Å². The molecule has 0 aromatic heterocycles. The van der Waals surface area contributed by atoms with E-state index in [0.29, 0.717) is 6.42 Å². The first kappa shape index (κ1) is 11.1. The van der Waals surface area contributed by atoms with E-state index < -0.39 is 11.5 Å². The van der Waals surface area contributed by atoms with E-state index in [9.17, 15) is 4.79 Å². The quantitative estimate of drug-likeness (QED) is 0.649. The van der Waals surface area contributed by atoms with Gasteiger partial charge < -0.3 is 10.8 Å². The zero-order valence-corrected chi connectivity index (χ0v) is 8.58. The Morgan fingerprint density at radius 2 is 2.00 bits per heavy atom. The van der Waals surface area contributed by atoms with Crippen LogP contribution >= 0.6 is 12.6 Å². The number of carboxylic acid groups (broad SMARTS) is 1. The monoisotopic (exact) mass is 211 g/mol. The molecule has 0 amide bonds. The maximum Gasteiger partial charge on any atom is 0.324 e. The van der Waals surface area contributed by atoms with Gasteiger partial charge in [-0.25, -0.2) is 0 Å². The molecule has 0 saturated heterocycles. The van der Waals surface area contributed by atoms with E-state index in [-0.39, 0.29) is 5.75 Å². The number of hydrogen-bond acceptors (Lipinski definition) is 3. The Hall–Kier alpha value is -1.00.